The van der Waals surface area contributed by atoms with Crippen LogP contribution in [0.3, 0.4) is 0 Å². The topological polar surface area (TPSA) is 63.4 Å². The maximum absolute atomic E-state index is 11.7. The summed E-state index contributed by atoms with van der Waals surface area (Å²) < 4.78 is 23.4. The van der Waals surface area contributed by atoms with E-state index in [-0.39, 0.29) is 23.6 Å². The van der Waals surface area contributed by atoms with Crippen LogP contribution in [-0.2, 0) is 16.3 Å². The van der Waals surface area contributed by atoms with Gasteiger partial charge >= 0.3 is 0 Å². The van der Waals surface area contributed by atoms with Crippen LogP contribution in [0.15, 0.2) is 18.2 Å². The lowest BCUT2D eigenvalue weighted by atomic mass is 10.0. The van der Waals surface area contributed by atoms with Crippen LogP contribution in [0.25, 0.3) is 0 Å². The minimum atomic E-state index is -2.91. The van der Waals surface area contributed by atoms with E-state index in [0.717, 1.165) is 17.7 Å². The van der Waals surface area contributed by atoms with Crippen LogP contribution in [-0.4, -0.2) is 38.6 Å². The monoisotopic (exact) mass is 316 g/mol. The lowest BCUT2D eigenvalue weighted by Gasteiger charge is -2.36. The molecule has 2 unspecified atom stereocenters. The third-order valence-corrected chi connectivity index (χ3v) is 5.59. The molecule has 4 nitrogen and oxygen atoms in total. The number of nitrogens with zero attached hydrogens (tertiary/aromatic N) is 1. The van der Waals surface area contributed by atoms with Crippen molar-refractivity contribution < 1.29 is 8.42 Å². The maximum atomic E-state index is 11.7. The molecule has 0 bridgehead atoms. The van der Waals surface area contributed by atoms with Crippen molar-refractivity contribution in [3.05, 3.63) is 28.8 Å². The predicted octanol–water partition coefficient (Wildman–Crippen LogP) is 1.85. The normalized spacial score (nSPS) is 23.6. The smallest absolute Gasteiger partial charge is 0.154 e. The number of hydrogen-bond acceptors (Lipinski definition) is 4. The molecule has 1 aliphatic heterocycles. The van der Waals surface area contributed by atoms with Crippen LogP contribution in [0, 0.1) is 0 Å². The minimum Gasteiger partial charge on any atom is -0.367 e. The highest BCUT2D eigenvalue weighted by Crippen LogP contribution is 2.29. The second-order valence-electron chi connectivity index (χ2n) is 5.61. The molecule has 20 heavy (non-hydrogen) atoms. The molecule has 1 aliphatic rings. The Hall–Kier alpha value is -0.780. The Kier molecular flexibility index (Phi) is 4.62. The van der Waals surface area contributed by atoms with E-state index in [9.17, 15) is 8.42 Å². The lowest BCUT2D eigenvalue weighted by molar-refractivity contribution is 0.567. The number of rotatable bonds is 3. The van der Waals surface area contributed by atoms with E-state index in [2.05, 4.69) is 4.90 Å². The molecular weight excluding hydrogens is 296 g/mol. The predicted molar refractivity (Wildman–Crippen MR) is 84.3 cm³/mol. The highest BCUT2D eigenvalue weighted by Gasteiger charge is 2.29. The van der Waals surface area contributed by atoms with Crippen molar-refractivity contribution in [3.63, 3.8) is 0 Å². The van der Waals surface area contributed by atoms with Crippen molar-refractivity contribution in [1.82, 2.24) is 0 Å². The van der Waals surface area contributed by atoms with Crippen LogP contribution < -0.4 is 10.6 Å². The van der Waals surface area contributed by atoms with Crippen LogP contribution >= 0.6 is 11.6 Å². The van der Waals surface area contributed by atoms with E-state index in [1.165, 1.54) is 0 Å². The Morgan fingerprint density at radius 2 is 2.20 bits per heavy atom. The van der Waals surface area contributed by atoms with Gasteiger partial charge in [-0.25, -0.2) is 8.42 Å². The molecule has 0 saturated carbocycles. The summed E-state index contributed by atoms with van der Waals surface area (Å²) in [7, 11) is -2.91. The highest BCUT2D eigenvalue weighted by molar-refractivity contribution is 7.91. The van der Waals surface area contributed by atoms with Crippen molar-refractivity contribution in [1.29, 1.82) is 0 Å². The standard InChI is InChI=1S/C14H21ClN2O2S/c1-10(16)7-12-8-13(15)3-4-14(12)17-5-6-20(18,19)9-11(17)2/h3-4,8,10-11H,5-7,9,16H2,1-2H3. The molecule has 0 aromatic heterocycles. The van der Waals surface area contributed by atoms with E-state index < -0.39 is 9.84 Å². The molecule has 1 saturated heterocycles. The van der Waals surface area contributed by atoms with Crippen molar-refractivity contribution in [2.75, 3.05) is 23.0 Å². The van der Waals surface area contributed by atoms with E-state index in [4.69, 9.17) is 17.3 Å². The lowest BCUT2D eigenvalue weighted by Crippen LogP contribution is -2.47. The SMILES string of the molecule is CC(N)Cc1cc(Cl)ccc1N1CCS(=O)(=O)CC1C. The fraction of sp³-hybridized carbons (Fsp3) is 0.571. The first-order valence-electron chi connectivity index (χ1n) is 6.79. The van der Waals surface area contributed by atoms with E-state index in [1.807, 2.05) is 32.0 Å². The Morgan fingerprint density at radius 3 is 2.80 bits per heavy atom. The molecule has 1 heterocycles. The first kappa shape index (κ1) is 15.6. The molecule has 112 valence electrons. The summed E-state index contributed by atoms with van der Waals surface area (Å²) in [5.74, 6) is 0.408. The summed E-state index contributed by atoms with van der Waals surface area (Å²) in [6.45, 7) is 4.42. The third-order valence-electron chi connectivity index (χ3n) is 3.56. The number of nitrogens with two attached hydrogens (primary N) is 1. The minimum absolute atomic E-state index is 0.0262. The number of benzene rings is 1. The van der Waals surface area contributed by atoms with Gasteiger partial charge in [0.15, 0.2) is 9.84 Å². The Bertz CT molecular complexity index is 587. The van der Waals surface area contributed by atoms with Gasteiger partial charge in [-0.1, -0.05) is 11.6 Å². The zero-order valence-electron chi connectivity index (χ0n) is 11.8. The fourth-order valence-electron chi connectivity index (χ4n) is 2.70. The molecule has 0 spiro atoms. The Labute approximate surface area is 125 Å². The van der Waals surface area contributed by atoms with E-state index in [0.29, 0.717) is 11.6 Å². The third kappa shape index (κ3) is 3.65. The van der Waals surface area contributed by atoms with Crippen molar-refractivity contribution in [2.45, 2.75) is 32.4 Å². The number of sulfone groups is 1. The van der Waals surface area contributed by atoms with Crippen LogP contribution in [0.1, 0.15) is 19.4 Å². The number of halogens is 1. The summed E-state index contributed by atoms with van der Waals surface area (Å²) in [5, 5.41) is 0.682. The first-order chi connectivity index (χ1) is 9.28. The van der Waals surface area contributed by atoms with Gasteiger partial charge in [-0.3, -0.25) is 0 Å². The second-order valence-corrected chi connectivity index (χ2v) is 8.28. The summed E-state index contributed by atoms with van der Waals surface area (Å²) >= 11 is 6.07. The van der Waals surface area contributed by atoms with Gasteiger partial charge in [0.2, 0.25) is 0 Å². The molecule has 2 N–H and O–H groups in total. The fourth-order valence-corrected chi connectivity index (χ4v) is 4.45. The molecule has 6 heteroatoms. The van der Waals surface area contributed by atoms with Crippen molar-refractivity contribution >= 4 is 27.1 Å². The molecule has 1 fully saturated rings. The van der Waals surface area contributed by atoms with Gasteiger partial charge in [0.1, 0.15) is 0 Å². The highest BCUT2D eigenvalue weighted by atomic mass is 35.5. The molecule has 2 rings (SSSR count). The van der Waals surface area contributed by atoms with Gasteiger partial charge in [-0.05, 0) is 44.0 Å². The van der Waals surface area contributed by atoms with E-state index in [1.54, 1.807) is 0 Å². The van der Waals surface area contributed by atoms with Crippen molar-refractivity contribution in [2.24, 2.45) is 5.73 Å². The average molecular weight is 317 g/mol. The van der Waals surface area contributed by atoms with Gasteiger partial charge in [-0.15, -0.1) is 0 Å². The number of anilines is 1. The van der Waals surface area contributed by atoms with E-state index >= 15 is 0 Å². The van der Waals surface area contributed by atoms with Crippen LogP contribution in [0.5, 0.6) is 0 Å². The second kappa shape index (κ2) is 5.92. The zero-order valence-corrected chi connectivity index (χ0v) is 13.4. The molecule has 2 atom stereocenters. The molecule has 0 aliphatic carbocycles. The van der Waals surface area contributed by atoms with Crippen LogP contribution in [0.4, 0.5) is 5.69 Å². The molecule has 0 radical (unpaired) electrons. The van der Waals surface area contributed by atoms with Crippen LogP contribution in [0.2, 0.25) is 5.02 Å². The number of hydrogen-bond donors (Lipinski definition) is 1. The molecule has 1 aromatic rings. The molecule has 0 amide bonds. The zero-order chi connectivity index (χ0) is 14.9. The molecule has 1 aromatic carbocycles. The average Bonchev–Trinajstić information content (AvgIpc) is 2.29. The first-order valence-corrected chi connectivity index (χ1v) is 8.99. The van der Waals surface area contributed by atoms with Gasteiger partial charge in [-0.2, -0.15) is 0 Å². The largest absolute Gasteiger partial charge is 0.367 e. The quantitative estimate of drug-likeness (QED) is 0.924. The summed E-state index contributed by atoms with van der Waals surface area (Å²) in [6, 6.07) is 5.75. The summed E-state index contributed by atoms with van der Waals surface area (Å²) in [4.78, 5) is 2.15. The maximum Gasteiger partial charge on any atom is 0.154 e. The van der Waals surface area contributed by atoms with Crippen molar-refractivity contribution in [3.8, 4) is 0 Å². The Balaban J connectivity index is 2.32. The summed E-state index contributed by atoms with van der Waals surface area (Å²) in [5.41, 5.74) is 8.03. The van der Waals surface area contributed by atoms with Gasteiger partial charge in [0, 0.05) is 29.3 Å². The van der Waals surface area contributed by atoms with Gasteiger partial charge in [0.05, 0.1) is 11.5 Å². The van der Waals surface area contributed by atoms with Gasteiger partial charge in [0.25, 0.3) is 0 Å². The molecular formula is C14H21ClN2O2S. The Morgan fingerprint density at radius 1 is 1.50 bits per heavy atom. The van der Waals surface area contributed by atoms with Gasteiger partial charge < -0.3 is 10.6 Å². The summed E-state index contributed by atoms with van der Waals surface area (Å²) in [6.07, 6.45) is 0.728.